The van der Waals surface area contributed by atoms with Gasteiger partial charge in [-0.1, -0.05) is 0 Å². The molecular formula is C16H19N7O. The molecule has 8 heteroatoms. The summed E-state index contributed by atoms with van der Waals surface area (Å²) in [6.45, 7) is 3.96. The molecule has 0 spiro atoms. The Morgan fingerprint density at radius 1 is 1.21 bits per heavy atom. The van der Waals surface area contributed by atoms with Crippen LogP contribution in [-0.2, 0) is 10.6 Å². The van der Waals surface area contributed by atoms with Crippen molar-refractivity contribution in [3.05, 3.63) is 42.4 Å². The Kier molecular flexibility index (Phi) is 3.36. The van der Waals surface area contributed by atoms with Crippen molar-refractivity contribution in [2.24, 2.45) is 0 Å². The van der Waals surface area contributed by atoms with Crippen LogP contribution in [0.2, 0.25) is 0 Å². The van der Waals surface area contributed by atoms with Crippen molar-refractivity contribution in [2.45, 2.75) is 25.8 Å². The number of fused-ring (bicyclic) bond motifs is 2. The van der Waals surface area contributed by atoms with Gasteiger partial charge >= 0.3 is 0 Å². The smallest absolute Gasteiger partial charge is 0.261 e. The minimum atomic E-state index is -1.01. The molecule has 0 fully saturated rings. The summed E-state index contributed by atoms with van der Waals surface area (Å²) in [6.07, 6.45) is 3.45. The zero-order valence-corrected chi connectivity index (χ0v) is 13.7. The molecule has 0 amide bonds. The number of ether oxygens (including phenoxy) is 1. The topological polar surface area (TPSA) is 91.0 Å². The van der Waals surface area contributed by atoms with E-state index in [4.69, 9.17) is 4.74 Å². The number of aromatic nitrogens is 4. The van der Waals surface area contributed by atoms with E-state index in [1.807, 2.05) is 50.2 Å². The fourth-order valence-electron chi connectivity index (χ4n) is 2.95. The van der Waals surface area contributed by atoms with Crippen LogP contribution in [0.15, 0.2) is 36.7 Å². The van der Waals surface area contributed by atoms with Crippen molar-refractivity contribution >= 4 is 22.5 Å². The van der Waals surface area contributed by atoms with Gasteiger partial charge < -0.3 is 15.1 Å². The molecule has 1 atom stereocenters. The van der Waals surface area contributed by atoms with Crippen molar-refractivity contribution in [2.75, 3.05) is 17.4 Å². The number of hydrogen-bond acceptors (Lipinski definition) is 7. The van der Waals surface area contributed by atoms with Crippen LogP contribution >= 0.6 is 0 Å². The fraction of sp³-hybridized carbons (Fsp3) is 0.312. The second kappa shape index (κ2) is 5.43. The highest BCUT2D eigenvalue weighted by molar-refractivity contribution is 5.85. The van der Waals surface area contributed by atoms with Crippen molar-refractivity contribution in [1.29, 1.82) is 0 Å². The minimum absolute atomic E-state index is 0.0375. The van der Waals surface area contributed by atoms with Gasteiger partial charge in [0.05, 0.1) is 17.3 Å². The van der Waals surface area contributed by atoms with Crippen LogP contribution in [0.1, 0.15) is 19.5 Å². The van der Waals surface area contributed by atoms with Gasteiger partial charge in [0.25, 0.3) is 5.85 Å². The third-order valence-electron chi connectivity index (χ3n) is 3.83. The summed E-state index contributed by atoms with van der Waals surface area (Å²) in [7, 11) is 1.93. The van der Waals surface area contributed by atoms with Gasteiger partial charge in [-0.2, -0.15) is 10.5 Å². The average Bonchev–Trinajstić information content (AvgIpc) is 3.08. The van der Waals surface area contributed by atoms with Crippen LogP contribution in [0.4, 0.5) is 11.5 Å². The molecule has 3 N–H and O–H groups in total. The third-order valence-corrected chi connectivity index (χ3v) is 3.83. The Balaban J connectivity index is 1.81. The summed E-state index contributed by atoms with van der Waals surface area (Å²) in [4.78, 5) is 8.92. The van der Waals surface area contributed by atoms with Gasteiger partial charge in [0.1, 0.15) is 11.2 Å². The number of hydrazine groups is 1. The molecule has 8 nitrogen and oxygen atoms in total. The quantitative estimate of drug-likeness (QED) is 0.632. The van der Waals surface area contributed by atoms with Gasteiger partial charge in [0.15, 0.2) is 5.82 Å². The first-order valence-corrected chi connectivity index (χ1v) is 7.81. The summed E-state index contributed by atoms with van der Waals surface area (Å²) in [5.41, 5.74) is 6.63. The molecule has 3 aromatic heterocycles. The molecule has 124 valence electrons. The summed E-state index contributed by atoms with van der Waals surface area (Å²) >= 11 is 0. The predicted molar refractivity (Wildman–Crippen MR) is 91.2 cm³/mol. The van der Waals surface area contributed by atoms with E-state index < -0.39 is 5.85 Å². The summed E-state index contributed by atoms with van der Waals surface area (Å²) < 4.78 is 6.21. The minimum Gasteiger partial charge on any atom is -0.334 e. The van der Waals surface area contributed by atoms with Crippen molar-refractivity contribution in [3.8, 4) is 0 Å². The molecule has 1 aliphatic heterocycles. The summed E-state index contributed by atoms with van der Waals surface area (Å²) in [6, 6.07) is 7.68. The van der Waals surface area contributed by atoms with Crippen molar-refractivity contribution < 1.29 is 4.74 Å². The molecule has 4 heterocycles. The van der Waals surface area contributed by atoms with Crippen molar-refractivity contribution in [3.63, 3.8) is 0 Å². The van der Waals surface area contributed by atoms with Gasteiger partial charge in [-0.05, 0) is 38.1 Å². The Hall–Kier alpha value is -2.71. The van der Waals surface area contributed by atoms with E-state index in [2.05, 4.69) is 30.9 Å². The van der Waals surface area contributed by atoms with E-state index in [0.717, 1.165) is 22.4 Å². The van der Waals surface area contributed by atoms with Gasteiger partial charge in [-0.15, -0.1) is 0 Å². The summed E-state index contributed by atoms with van der Waals surface area (Å²) in [5.74, 6) is -0.412. The molecule has 1 aliphatic rings. The Morgan fingerprint density at radius 2 is 2.00 bits per heavy atom. The van der Waals surface area contributed by atoms with E-state index in [-0.39, 0.29) is 6.10 Å². The summed E-state index contributed by atoms with van der Waals surface area (Å²) in [5, 5.41) is 12.6. The molecule has 0 saturated heterocycles. The van der Waals surface area contributed by atoms with Crippen LogP contribution < -0.4 is 15.8 Å². The maximum Gasteiger partial charge on any atom is 0.261 e. The maximum absolute atomic E-state index is 6.21. The highest BCUT2D eigenvalue weighted by Crippen LogP contribution is 2.37. The van der Waals surface area contributed by atoms with Gasteiger partial charge in [-0.25, -0.2) is 0 Å². The van der Waals surface area contributed by atoms with Gasteiger partial charge in [0, 0.05) is 19.4 Å². The van der Waals surface area contributed by atoms with E-state index in [9.17, 15) is 0 Å². The molecule has 0 aromatic carbocycles. The molecule has 4 rings (SSSR count). The first-order chi connectivity index (χ1) is 11.6. The largest absolute Gasteiger partial charge is 0.334 e. The highest BCUT2D eigenvalue weighted by Gasteiger charge is 2.46. The van der Waals surface area contributed by atoms with Gasteiger partial charge in [0.2, 0.25) is 0 Å². The van der Waals surface area contributed by atoms with Crippen molar-refractivity contribution in [1.82, 2.24) is 25.6 Å². The number of H-pyrrole nitrogens is 1. The number of pyridine rings is 2. The first kappa shape index (κ1) is 14.9. The number of nitrogens with zero attached hydrogens (tertiary/aromatic N) is 4. The number of anilines is 2. The Labute approximate surface area is 139 Å². The lowest BCUT2D eigenvalue weighted by Crippen LogP contribution is -2.53. The highest BCUT2D eigenvalue weighted by atomic mass is 16.5. The zero-order chi connectivity index (χ0) is 16.7. The zero-order valence-electron chi connectivity index (χ0n) is 13.7. The van der Waals surface area contributed by atoms with E-state index in [0.29, 0.717) is 5.82 Å². The number of nitrogens with one attached hydrogen (secondary N) is 3. The fourth-order valence-corrected chi connectivity index (χ4v) is 2.95. The first-order valence-electron chi connectivity index (χ1n) is 7.81. The normalized spacial score (nSPS) is 19.9. The molecule has 3 aromatic rings. The van der Waals surface area contributed by atoms with E-state index in [1.165, 1.54) is 0 Å². The third kappa shape index (κ3) is 2.27. The Morgan fingerprint density at radius 3 is 2.83 bits per heavy atom. The second-order valence-corrected chi connectivity index (χ2v) is 5.99. The Bertz CT molecular complexity index is 873. The molecule has 0 aliphatic carbocycles. The lowest BCUT2D eigenvalue weighted by Gasteiger charge is -2.32. The molecule has 24 heavy (non-hydrogen) atoms. The molecule has 0 bridgehead atoms. The standard InChI is InChI=1S/C16H19N7O/c1-10(2)24-16(14-12(23(3)22-16)7-5-9-18-14)19-15-13-11(20-21-15)6-4-8-17-13/h4-10,22H,1-3H3,(H2,19,20,21). The van der Waals surface area contributed by atoms with Crippen LogP contribution in [0.3, 0.4) is 0 Å². The molecular weight excluding hydrogens is 306 g/mol. The predicted octanol–water partition coefficient (Wildman–Crippen LogP) is 1.95. The molecule has 1 unspecified atom stereocenters. The SMILES string of the molecule is CC(C)OC1(Nc2n[nH]c3cccnc23)NN(C)c2cccnc21. The van der Waals surface area contributed by atoms with Crippen LogP contribution in [0, 0.1) is 0 Å². The second-order valence-electron chi connectivity index (χ2n) is 5.99. The van der Waals surface area contributed by atoms with Crippen LogP contribution in [-0.4, -0.2) is 33.3 Å². The maximum atomic E-state index is 6.21. The molecule has 0 saturated carbocycles. The average molecular weight is 325 g/mol. The van der Waals surface area contributed by atoms with Crippen LogP contribution in [0.25, 0.3) is 11.0 Å². The number of hydrogen-bond donors (Lipinski definition) is 3. The monoisotopic (exact) mass is 325 g/mol. The number of aromatic amines is 1. The number of rotatable bonds is 4. The van der Waals surface area contributed by atoms with Gasteiger partial charge in [-0.3, -0.25) is 15.1 Å². The van der Waals surface area contributed by atoms with Crippen LogP contribution in [0.5, 0.6) is 0 Å². The molecule has 0 radical (unpaired) electrons. The lowest BCUT2D eigenvalue weighted by atomic mass is 10.2. The van der Waals surface area contributed by atoms with E-state index in [1.54, 1.807) is 12.4 Å². The lowest BCUT2D eigenvalue weighted by molar-refractivity contribution is -0.0851. The van der Waals surface area contributed by atoms with E-state index >= 15 is 0 Å².